The Morgan fingerprint density at radius 1 is 1.58 bits per heavy atom. The van der Waals surface area contributed by atoms with Crippen molar-refractivity contribution in [2.45, 2.75) is 19.1 Å². The van der Waals surface area contributed by atoms with E-state index in [2.05, 4.69) is 5.32 Å². The smallest absolute Gasteiger partial charge is 0.340 e. The number of alkyl halides is 3. The van der Waals surface area contributed by atoms with E-state index in [4.69, 9.17) is 0 Å². The molecule has 1 amide bonds. The molecular weight excluding hydrogens is 277 g/mol. The largest absolute Gasteiger partial charge is 0.404 e. The normalized spacial score (nSPS) is 23.6. The van der Waals surface area contributed by atoms with Crippen molar-refractivity contribution in [2.75, 3.05) is 20.1 Å². The number of halogens is 3. The van der Waals surface area contributed by atoms with Gasteiger partial charge in [-0.2, -0.15) is 13.2 Å². The van der Waals surface area contributed by atoms with Crippen molar-refractivity contribution in [3.8, 4) is 0 Å². The second-order valence-corrected chi connectivity index (χ2v) is 5.78. The van der Waals surface area contributed by atoms with E-state index in [0.29, 0.717) is 0 Å². The van der Waals surface area contributed by atoms with Gasteiger partial charge in [-0.15, -0.1) is 11.3 Å². The van der Waals surface area contributed by atoms with Crippen molar-refractivity contribution in [3.05, 3.63) is 22.4 Å². The van der Waals surface area contributed by atoms with Crippen LogP contribution in [0, 0.1) is 5.41 Å². The lowest BCUT2D eigenvalue weighted by atomic mass is 9.84. The van der Waals surface area contributed by atoms with Crippen LogP contribution in [0.2, 0.25) is 0 Å². The van der Waals surface area contributed by atoms with Gasteiger partial charge in [0.25, 0.3) is 0 Å². The summed E-state index contributed by atoms with van der Waals surface area (Å²) in [5.41, 5.74) is -2.26. The van der Waals surface area contributed by atoms with Crippen LogP contribution >= 0.6 is 11.3 Å². The van der Waals surface area contributed by atoms with Crippen molar-refractivity contribution in [1.29, 1.82) is 0 Å². The zero-order valence-electron chi connectivity index (χ0n) is 10.5. The van der Waals surface area contributed by atoms with Crippen LogP contribution in [0.3, 0.4) is 0 Å². The minimum absolute atomic E-state index is 0.190. The minimum atomic E-state index is -4.52. The van der Waals surface area contributed by atoms with Crippen LogP contribution < -0.4 is 5.32 Å². The number of amides is 1. The Morgan fingerprint density at radius 3 is 2.79 bits per heavy atom. The first-order valence-corrected chi connectivity index (χ1v) is 6.80. The van der Waals surface area contributed by atoms with Crippen molar-refractivity contribution < 1.29 is 18.0 Å². The van der Waals surface area contributed by atoms with Crippen LogP contribution in [0.15, 0.2) is 17.5 Å². The highest BCUT2D eigenvalue weighted by Crippen LogP contribution is 2.44. The van der Waals surface area contributed by atoms with Crippen LogP contribution in [-0.2, 0) is 11.3 Å². The maximum atomic E-state index is 13.2. The quantitative estimate of drug-likeness (QED) is 0.926. The summed E-state index contributed by atoms with van der Waals surface area (Å²) in [6.07, 6.45) is -4.71. The molecule has 0 saturated carbocycles. The zero-order chi connectivity index (χ0) is 14.1. The second kappa shape index (κ2) is 5.13. The van der Waals surface area contributed by atoms with Crippen molar-refractivity contribution in [2.24, 2.45) is 5.41 Å². The van der Waals surface area contributed by atoms with E-state index < -0.39 is 17.5 Å². The topological polar surface area (TPSA) is 32.3 Å². The fourth-order valence-corrected chi connectivity index (χ4v) is 3.07. The standard InChI is InChI=1S/C12H15F3N2OS/c1-17(7-9-3-2-6-19-9)10(18)11(12(13,14)15)4-5-16-8-11/h2-3,6,16H,4-5,7-8H2,1H3. The monoisotopic (exact) mass is 292 g/mol. The first-order valence-electron chi connectivity index (χ1n) is 5.92. The lowest BCUT2D eigenvalue weighted by Crippen LogP contribution is -2.52. The maximum Gasteiger partial charge on any atom is 0.404 e. The molecule has 0 radical (unpaired) electrons. The van der Waals surface area contributed by atoms with E-state index >= 15 is 0 Å². The molecule has 0 aliphatic carbocycles. The molecule has 0 bridgehead atoms. The molecule has 19 heavy (non-hydrogen) atoms. The Kier molecular flexibility index (Phi) is 3.87. The number of nitrogens with one attached hydrogen (secondary N) is 1. The number of hydrogen-bond donors (Lipinski definition) is 1. The Balaban J connectivity index is 2.16. The van der Waals surface area contributed by atoms with E-state index in [-0.39, 0.29) is 26.1 Å². The molecule has 2 rings (SSSR count). The number of rotatable bonds is 3. The summed E-state index contributed by atoms with van der Waals surface area (Å²) in [4.78, 5) is 14.3. The number of carbonyl (C=O) groups is 1. The highest BCUT2D eigenvalue weighted by Gasteiger charge is 2.62. The lowest BCUT2D eigenvalue weighted by Gasteiger charge is -2.33. The van der Waals surface area contributed by atoms with Gasteiger partial charge in [0.2, 0.25) is 5.91 Å². The molecule has 1 fully saturated rings. The molecule has 1 atom stereocenters. The van der Waals surface area contributed by atoms with Crippen LogP contribution in [-0.4, -0.2) is 37.1 Å². The van der Waals surface area contributed by atoms with Crippen molar-refractivity contribution in [1.82, 2.24) is 10.2 Å². The molecule has 1 saturated heterocycles. The SMILES string of the molecule is CN(Cc1cccs1)C(=O)C1(C(F)(F)F)CCNC1. The minimum Gasteiger partial charge on any atom is -0.340 e. The van der Waals surface area contributed by atoms with E-state index in [1.807, 2.05) is 17.5 Å². The number of nitrogens with zero attached hydrogens (tertiary/aromatic N) is 1. The average molecular weight is 292 g/mol. The number of carbonyl (C=O) groups excluding carboxylic acids is 1. The third kappa shape index (κ3) is 2.62. The summed E-state index contributed by atoms with van der Waals surface area (Å²) in [5.74, 6) is -0.849. The predicted molar refractivity (Wildman–Crippen MR) is 66.8 cm³/mol. The third-order valence-corrected chi connectivity index (χ3v) is 4.29. The maximum absolute atomic E-state index is 13.2. The van der Waals surface area contributed by atoms with Gasteiger partial charge in [-0.25, -0.2) is 0 Å². The molecule has 1 aromatic rings. The molecule has 1 aliphatic heterocycles. The number of hydrogen-bond acceptors (Lipinski definition) is 3. The summed E-state index contributed by atoms with van der Waals surface area (Å²) in [6, 6.07) is 3.62. The Morgan fingerprint density at radius 2 is 2.32 bits per heavy atom. The van der Waals surface area contributed by atoms with E-state index in [1.54, 1.807) is 0 Å². The molecular formula is C12H15F3N2OS. The molecule has 3 nitrogen and oxygen atoms in total. The van der Waals surface area contributed by atoms with Crippen LogP contribution in [0.4, 0.5) is 13.2 Å². The molecule has 1 unspecified atom stereocenters. The van der Waals surface area contributed by atoms with E-state index in [1.165, 1.54) is 23.3 Å². The Hall–Kier alpha value is -1.08. The van der Waals surface area contributed by atoms with Gasteiger partial charge in [0.1, 0.15) is 0 Å². The van der Waals surface area contributed by atoms with E-state index in [9.17, 15) is 18.0 Å². The molecule has 1 aliphatic rings. The molecule has 0 spiro atoms. The highest BCUT2D eigenvalue weighted by atomic mass is 32.1. The summed E-state index contributed by atoms with van der Waals surface area (Å²) >= 11 is 1.43. The Labute approximate surface area is 113 Å². The average Bonchev–Trinajstić information content (AvgIpc) is 2.97. The molecule has 1 aromatic heterocycles. The van der Waals surface area contributed by atoms with Crippen LogP contribution in [0.25, 0.3) is 0 Å². The fourth-order valence-electron chi connectivity index (χ4n) is 2.31. The van der Waals surface area contributed by atoms with Gasteiger partial charge in [-0.3, -0.25) is 4.79 Å². The first-order chi connectivity index (χ1) is 8.87. The van der Waals surface area contributed by atoms with Gasteiger partial charge in [-0.05, 0) is 24.4 Å². The molecule has 2 heterocycles. The molecule has 7 heteroatoms. The van der Waals surface area contributed by atoms with E-state index in [0.717, 1.165) is 4.88 Å². The fraction of sp³-hybridized carbons (Fsp3) is 0.583. The molecule has 106 valence electrons. The van der Waals surface area contributed by atoms with Gasteiger partial charge in [0.05, 0.1) is 6.54 Å². The third-order valence-electron chi connectivity index (χ3n) is 3.43. The van der Waals surface area contributed by atoms with Crippen LogP contribution in [0.1, 0.15) is 11.3 Å². The van der Waals surface area contributed by atoms with Gasteiger partial charge in [0, 0.05) is 18.5 Å². The predicted octanol–water partition coefficient (Wildman–Crippen LogP) is 2.25. The summed E-state index contributed by atoms with van der Waals surface area (Å²) in [6.45, 7) is 0.108. The number of thiophene rings is 1. The summed E-state index contributed by atoms with van der Waals surface area (Å²) in [7, 11) is 1.42. The van der Waals surface area contributed by atoms with Gasteiger partial charge >= 0.3 is 6.18 Å². The van der Waals surface area contributed by atoms with Crippen LogP contribution in [0.5, 0.6) is 0 Å². The Bertz CT molecular complexity index is 438. The summed E-state index contributed by atoms with van der Waals surface area (Å²) in [5, 5.41) is 4.49. The lowest BCUT2D eigenvalue weighted by molar-refractivity contribution is -0.221. The van der Waals surface area contributed by atoms with Crippen molar-refractivity contribution in [3.63, 3.8) is 0 Å². The molecule has 0 aromatic carbocycles. The highest BCUT2D eigenvalue weighted by molar-refractivity contribution is 7.09. The van der Waals surface area contributed by atoms with Gasteiger partial charge in [-0.1, -0.05) is 6.07 Å². The summed E-state index contributed by atoms with van der Waals surface area (Å²) < 4.78 is 39.7. The molecule has 1 N–H and O–H groups in total. The zero-order valence-corrected chi connectivity index (χ0v) is 11.3. The first kappa shape index (κ1) is 14.3. The second-order valence-electron chi connectivity index (χ2n) is 4.75. The van der Waals surface area contributed by atoms with Gasteiger partial charge < -0.3 is 10.2 Å². The van der Waals surface area contributed by atoms with Gasteiger partial charge in [0.15, 0.2) is 5.41 Å². The van der Waals surface area contributed by atoms with Crippen molar-refractivity contribution >= 4 is 17.2 Å².